The number of hydrogen-bond donors (Lipinski definition) is 2. The predicted octanol–water partition coefficient (Wildman–Crippen LogP) is 2.74. The molecule has 0 spiro atoms. The zero-order valence-electron chi connectivity index (χ0n) is 10.9. The number of nitrogens with zero attached hydrogens (tertiary/aromatic N) is 1. The Bertz CT molecular complexity index is 485. The van der Waals surface area contributed by atoms with Crippen LogP contribution in [0.15, 0.2) is 42.7 Å². The van der Waals surface area contributed by atoms with Crippen molar-refractivity contribution in [1.29, 1.82) is 0 Å². The fraction of sp³-hybridized carbons (Fsp3) is 0.333. The van der Waals surface area contributed by atoms with Crippen LogP contribution in [0.2, 0.25) is 0 Å². The first-order valence-electron chi connectivity index (χ1n) is 6.29. The molecule has 0 aliphatic heterocycles. The van der Waals surface area contributed by atoms with Gasteiger partial charge in [-0.15, -0.1) is 0 Å². The van der Waals surface area contributed by atoms with Crippen LogP contribution in [-0.2, 0) is 13.1 Å². The number of aromatic hydroxyl groups is 1. The summed E-state index contributed by atoms with van der Waals surface area (Å²) in [5.41, 5.74) is 2.48. The maximum Gasteiger partial charge on any atom is 0.115 e. The molecule has 3 heteroatoms. The number of hydrogen-bond acceptors (Lipinski definition) is 2. The van der Waals surface area contributed by atoms with Crippen LogP contribution in [0.5, 0.6) is 5.75 Å². The Balaban J connectivity index is 1.95. The number of phenolic OH excluding ortho intramolecular Hbond substituents is 1. The lowest BCUT2D eigenvalue weighted by Gasteiger charge is -2.06. The molecule has 18 heavy (non-hydrogen) atoms. The van der Waals surface area contributed by atoms with E-state index in [0.717, 1.165) is 13.1 Å². The van der Waals surface area contributed by atoms with Gasteiger partial charge in [-0.05, 0) is 29.3 Å². The van der Waals surface area contributed by atoms with E-state index in [-0.39, 0.29) is 0 Å². The van der Waals surface area contributed by atoms with E-state index >= 15 is 0 Å². The Kier molecular flexibility index (Phi) is 4.05. The third-order valence-corrected chi connectivity index (χ3v) is 2.83. The molecule has 2 rings (SSSR count). The molecule has 0 amide bonds. The van der Waals surface area contributed by atoms with Gasteiger partial charge in [-0.25, -0.2) is 0 Å². The number of nitrogens with one attached hydrogen (secondary N) is 1. The second-order valence-electron chi connectivity index (χ2n) is 4.89. The van der Waals surface area contributed by atoms with Crippen LogP contribution in [0.25, 0.3) is 0 Å². The van der Waals surface area contributed by atoms with Crippen LogP contribution in [-0.4, -0.2) is 15.7 Å². The second-order valence-corrected chi connectivity index (χ2v) is 4.89. The Morgan fingerprint density at radius 1 is 1.11 bits per heavy atom. The van der Waals surface area contributed by atoms with E-state index in [1.165, 1.54) is 11.1 Å². The van der Waals surface area contributed by atoms with Crippen molar-refractivity contribution in [3.63, 3.8) is 0 Å². The molecule has 1 aromatic heterocycles. The standard InChI is InChI=1S/C15H20N2O/c1-12(2)16-9-14-7-8-17(11-14)10-13-3-5-15(18)6-4-13/h3-8,11-12,16,18H,9-10H2,1-2H3. The van der Waals surface area contributed by atoms with Crippen molar-refractivity contribution in [2.24, 2.45) is 0 Å². The van der Waals surface area contributed by atoms with Gasteiger partial charge in [0, 0.05) is 31.5 Å². The van der Waals surface area contributed by atoms with Crippen LogP contribution in [0.1, 0.15) is 25.0 Å². The summed E-state index contributed by atoms with van der Waals surface area (Å²) in [5, 5.41) is 12.6. The molecule has 1 aromatic carbocycles. The quantitative estimate of drug-likeness (QED) is 0.848. The molecule has 0 aliphatic rings. The highest BCUT2D eigenvalue weighted by Gasteiger charge is 1.99. The first-order chi connectivity index (χ1) is 8.63. The minimum absolute atomic E-state index is 0.313. The summed E-state index contributed by atoms with van der Waals surface area (Å²) in [7, 11) is 0. The van der Waals surface area contributed by atoms with Crippen molar-refractivity contribution in [3.05, 3.63) is 53.9 Å². The average Bonchev–Trinajstić information content (AvgIpc) is 2.77. The molecule has 0 saturated heterocycles. The lowest BCUT2D eigenvalue weighted by molar-refractivity contribution is 0.475. The van der Waals surface area contributed by atoms with Crippen molar-refractivity contribution in [2.45, 2.75) is 33.0 Å². The smallest absolute Gasteiger partial charge is 0.115 e. The molecule has 0 fully saturated rings. The fourth-order valence-corrected chi connectivity index (χ4v) is 1.83. The third-order valence-electron chi connectivity index (χ3n) is 2.83. The molecule has 1 heterocycles. The SMILES string of the molecule is CC(C)NCc1ccn(Cc2ccc(O)cc2)c1. The summed E-state index contributed by atoms with van der Waals surface area (Å²) >= 11 is 0. The minimum atomic E-state index is 0.313. The van der Waals surface area contributed by atoms with E-state index in [4.69, 9.17) is 0 Å². The van der Waals surface area contributed by atoms with E-state index < -0.39 is 0 Å². The molecule has 2 N–H and O–H groups in total. The highest BCUT2D eigenvalue weighted by Crippen LogP contribution is 2.11. The molecule has 0 atom stereocenters. The van der Waals surface area contributed by atoms with Gasteiger partial charge in [0.1, 0.15) is 5.75 Å². The largest absolute Gasteiger partial charge is 0.508 e. The van der Waals surface area contributed by atoms with E-state index in [1.807, 2.05) is 12.1 Å². The van der Waals surface area contributed by atoms with Gasteiger partial charge >= 0.3 is 0 Å². The molecule has 2 aromatic rings. The molecule has 0 aliphatic carbocycles. The summed E-state index contributed by atoms with van der Waals surface area (Å²) in [6.07, 6.45) is 4.24. The monoisotopic (exact) mass is 244 g/mol. The molecule has 0 radical (unpaired) electrons. The first kappa shape index (κ1) is 12.7. The molecule has 96 valence electrons. The first-order valence-corrected chi connectivity index (χ1v) is 6.29. The third kappa shape index (κ3) is 3.64. The minimum Gasteiger partial charge on any atom is -0.508 e. The predicted molar refractivity (Wildman–Crippen MR) is 73.6 cm³/mol. The van der Waals surface area contributed by atoms with E-state index in [1.54, 1.807) is 12.1 Å². The molecule has 3 nitrogen and oxygen atoms in total. The summed E-state index contributed by atoms with van der Waals surface area (Å²) < 4.78 is 2.16. The lowest BCUT2D eigenvalue weighted by atomic mass is 10.2. The van der Waals surface area contributed by atoms with Gasteiger partial charge in [0.25, 0.3) is 0 Å². The van der Waals surface area contributed by atoms with Crippen molar-refractivity contribution >= 4 is 0 Å². The summed E-state index contributed by atoms with van der Waals surface area (Å²) in [4.78, 5) is 0. The van der Waals surface area contributed by atoms with E-state index in [9.17, 15) is 5.11 Å². The van der Waals surface area contributed by atoms with Gasteiger partial charge in [-0.1, -0.05) is 26.0 Å². The van der Waals surface area contributed by atoms with Crippen molar-refractivity contribution in [3.8, 4) is 5.75 Å². The topological polar surface area (TPSA) is 37.2 Å². The Morgan fingerprint density at radius 3 is 2.50 bits per heavy atom. The van der Waals surface area contributed by atoms with Crippen LogP contribution < -0.4 is 5.32 Å². The molecule has 0 bridgehead atoms. The van der Waals surface area contributed by atoms with Crippen LogP contribution in [0.3, 0.4) is 0 Å². The summed E-state index contributed by atoms with van der Waals surface area (Å²) in [6.45, 7) is 6.03. The fourth-order valence-electron chi connectivity index (χ4n) is 1.83. The van der Waals surface area contributed by atoms with Crippen LogP contribution in [0, 0.1) is 0 Å². The normalized spacial score (nSPS) is 11.1. The Hall–Kier alpha value is -1.74. The molecule has 0 unspecified atom stereocenters. The Labute approximate surface area is 108 Å². The number of aromatic nitrogens is 1. The van der Waals surface area contributed by atoms with Gasteiger partial charge in [0.2, 0.25) is 0 Å². The zero-order valence-corrected chi connectivity index (χ0v) is 10.9. The number of benzene rings is 1. The van der Waals surface area contributed by atoms with Gasteiger partial charge in [-0.2, -0.15) is 0 Å². The molecular weight excluding hydrogens is 224 g/mol. The van der Waals surface area contributed by atoms with Crippen molar-refractivity contribution in [2.75, 3.05) is 0 Å². The summed E-state index contributed by atoms with van der Waals surface area (Å²) in [5.74, 6) is 0.313. The molecular formula is C15H20N2O. The second kappa shape index (κ2) is 5.74. The molecule has 0 saturated carbocycles. The van der Waals surface area contributed by atoms with E-state index in [2.05, 4.69) is 42.2 Å². The average molecular weight is 244 g/mol. The summed E-state index contributed by atoms with van der Waals surface area (Å²) in [6, 6.07) is 9.98. The Morgan fingerprint density at radius 2 is 1.83 bits per heavy atom. The van der Waals surface area contributed by atoms with Crippen LogP contribution in [0.4, 0.5) is 0 Å². The van der Waals surface area contributed by atoms with Gasteiger partial charge in [0.15, 0.2) is 0 Å². The van der Waals surface area contributed by atoms with E-state index in [0.29, 0.717) is 11.8 Å². The maximum atomic E-state index is 9.23. The highest BCUT2D eigenvalue weighted by molar-refractivity contribution is 5.26. The number of rotatable bonds is 5. The zero-order chi connectivity index (χ0) is 13.0. The van der Waals surface area contributed by atoms with Crippen LogP contribution >= 0.6 is 0 Å². The number of phenols is 1. The lowest BCUT2D eigenvalue weighted by Crippen LogP contribution is -2.21. The maximum absolute atomic E-state index is 9.23. The van der Waals surface area contributed by atoms with Gasteiger partial charge in [-0.3, -0.25) is 0 Å². The van der Waals surface area contributed by atoms with Gasteiger partial charge < -0.3 is 15.0 Å². The highest BCUT2D eigenvalue weighted by atomic mass is 16.3. The van der Waals surface area contributed by atoms with Crippen molar-refractivity contribution < 1.29 is 5.11 Å². The van der Waals surface area contributed by atoms with Gasteiger partial charge in [0.05, 0.1) is 0 Å². The van der Waals surface area contributed by atoms with Crippen molar-refractivity contribution in [1.82, 2.24) is 9.88 Å².